The topological polar surface area (TPSA) is 38.3 Å². The molecule has 0 aliphatic rings. The summed E-state index contributed by atoms with van der Waals surface area (Å²) in [4.78, 5) is 10.2. The van der Waals surface area contributed by atoms with Gasteiger partial charge in [0, 0.05) is 13.1 Å². The maximum absolute atomic E-state index is 10.2. The fourth-order valence-corrected chi connectivity index (χ4v) is 1.33. The van der Waals surface area contributed by atoms with Gasteiger partial charge in [-0.25, -0.2) is 0 Å². The minimum absolute atomic E-state index is 0. The quantitative estimate of drug-likeness (QED) is 0.462. The Hall–Kier alpha value is -0.353. The molecular weight excluding hydrogens is 146 g/mol. The van der Waals surface area contributed by atoms with Crippen LogP contribution in [0.3, 0.4) is 0 Å². The lowest BCUT2D eigenvalue weighted by Gasteiger charge is -1.99. The van der Waals surface area contributed by atoms with Gasteiger partial charge >= 0.3 is 0 Å². The molecule has 1 N–H and O–H groups in total. The third-order valence-corrected chi connectivity index (χ3v) is 2.00. The van der Waals surface area contributed by atoms with Crippen molar-refractivity contribution in [2.45, 2.75) is 21.3 Å². The van der Waals surface area contributed by atoms with E-state index in [1.165, 1.54) is 6.92 Å². The molecule has 0 bridgehead atoms. The summed E-state index contributed by atoms with van der Waals surface area (Å²) in [5.41, 5.74) is 0. The first-order valence-electron chi connectivity index (χ1n) is 3.11. The predicted molar refractivity (Wildman–Crippen MR) is 45.6 cm³/mol. The second kappa shape index (κ2) is 8.65. The van der Waals surface area contributed by atoms with Crippen molar-refractivity contribution >= 4 is 15.7 Å². The molecular formula is C6H17NO2Si. The third-order valence-electron chi connectivity index (χ3n) is 0.834. The molecule has 0 rings (SSSR count). The van der Waals surface area contributed by atoms with Gasteiger partial charge in [0.2, 0.25) is 9.76 Å². The summed E-state index contributed by atoms with van der Waals surface area (Å²) in [5.74, 6) is -0.153. The molecule has 10 heavy (non-hydrogen) atoms. The van der Waals surface area contributed by atoms with Gasteiger partial charge in [-0.05, 0) is 6.54 Å². The molecule has 0 spiro atoms. The minimum Gasteiger partial charge on any atom is -0.524 e. The van der Waals surface area contributed by atoms with Crippen LogP contribution in [0.25, 0.3) is 0 Å². The van der Waals surface area contributed by atoms with Crippen molar-refractivity contribution in [2.75, 3.05) is 12.7 Å². The molecule has 0 aromatic rings. The zero-order valence-corrected chi connectivity index (χ0v) is 7.35. The highest BCUT2D eigenvalue weighted by atomic mass is 28.2. The Kier molecular flexibility index (Phi) is 10.7. The molecule has 62 valence electrons. The Morgan fingerprint density at radius 2 is 2.30 bits per heavy atom. The number of hydrogen-bond donors (Lipinski definition) is 1. The van der Waals surface area contributed by atoms with Crippen LogP contribution in [0.4, 0.5) is 0 Å². The summed E-state index contributed by atoms with van der Waals surface area (Å²) in [6, 6.07) is 0. The van der Waals surface area contributed by atoms with E-state index in [9.17, 15) is 4.79 Å². The zero-order valence-electron chi connectivity index (χ0n) is 5.94. The normalized spacial score (nSPS) is 9.40. The summed E-state index contributed by atoms with van der Waals surface area (Å²) >= 11 is 0. The number of carbonyl (C=O) groups is 1. The number of rotatable bonds is 4. The van der Waals surface area contributed by atoms with Gasteiger partial charge in [-0.1, -0.05) is 14.4 Å². The Bertz CT molecular complexity index is 87.8. The first-order valence-corrected chi connectivity index (χ1v) is 4.69. The van der Waals surface area contributed by atoms with E-state index in [1.807, 2.05) is 6.92 Å². The summed E-state index contributed by atoms with van der Waals surface area (Å²) in [7, 11) is -0.608. The minimum atomic E-state index is -0.608. The van der Waals surface area contributed by atoms with E-state index in [-0.39, 0.29) is 13.4 Å². The zero-order chi connectivity index (χ0) is 7.11. The van der Waals surface area contributed by atoms with Crippen LogP contribution in [0, 0.1) is 0 Å². The molecule has 0 radical (unpaired) electrons. The van der Waals surface area contributed by atoms with Gasteiger partial charge in [-0.3, -0.25) is 4.79 Å². The van der Waals surface area contributed by atoms with Crippen LogP contribution >= 0.6 is 0 Å². The van der Waals surface area contributed by atoms with E-state index in [0.29, 0.717) is 0 Å². The van der Waals surface area contributed by atoms with E-state index >= 15 is 0 Å². The molecule has 0 fully saturated rings. The maximum Gasteiger partial charge on any atom is 0.288 e. The van der Waals surface area contributed by atoms with Crippen LogP contribution in [-0.2, 0) is 9.22 Å². The van der Waals surface area contributed by atoms with E-state index in [4.69, 9.17) is 4.43 Å². The number of carbonyl (C=O) groups excluding carboxylic acids is 1. The van der Waals surface area contributed by atoms with E-state index in [2.05, 4.69) is 5.32 Å². The molecule has 4 heteroatoms. The largest absolute Gasteiger partial charge is 0.524 e. The monoisotopic (exact) mass is 163 g/mol. The van der Waals surface area contributed by atoms with Crippen molar-refractivity contribution in [3.63, 3.8) is 0 Å². The van der Waals surface area contributed by atoms with Gasteiger partial charge in [0.15, 0.2) is 0 Å². The Morgan fingerprint density at radius 1 is 1.70 bits per heavy atom. The lowest BCUT2D eigenvalue weighted by molar-refractivity contribution is -0.131. The Balaban J connectivity index is 0. The fraction of sp³-hybridized carbons (Fsp3) is 0.833. The first kappa shape index (κ1) is 12.3. The molecule has 0 saturated heterocycles. The molecule has 0 saturated carbocycles. The third kappa shape index (κ3) is 10.6. The van der Waals surface area contributed by atoms with Crippen molar-refractivity contribution < 1.29 is 9.22 Å². The SMILES string of the molecule is C.CCNC[SiH2]OC(C)=O. The molecule has 0 aromatic carbocycles. The average molecular weight is 163 g/mol. The van der Waals surface area contributed by atoms with Gasteiger partial charge in [-0.15, -0.1) is 0 Å². The molecule has 0 heterocycles. The van der Waals surface area contributed by atoms with Gasteiger partial charge < -0.3 is 9.74 Å². The van der Waals surface area contributed by atoms with Gasteiger partial charge in [-0.2, -0.15) is 0 Å². The number of nitrogens with one attached hydrogen (secondary N) is 1. The summed E-state index contributed by atoms with van der Waals surface area (Å²) in [6.07, 6.45) is 0.885. The van der Waals surface area contributed by atoms with E-state index < -0.39 is 9.76 Å². The van der Waals surface area contributed by atoms with Crippen LogP contribution in [0.2, 0.25) is 0 Å². The number of hydrogen-bond acceptors (Lipinski definition) is 3. The van der Waals surface area contributed by atoms with E-state index in [1.54, 1.807) is 0 Å². The second-order valence-corrected chi connectivity index (χ2v) is 2.89. The van der Waals surface area contributed by atoms with Crippen molar-refractivity contribution in [3.8, 4) is 0 Å². The van der Waals surface area contributed by atoms with Gasteiger partial charge in [0.25, 0.3) is 5.97 Å². The lowest BCUT2D eigenvalue weighted by Crippen LogP contribution is -2.22. The second-order valence-electron chi connectivity index (χ2n) is 1.69. The predicted octanol–water partition coefficient (Wildman–Crippen LogP) is -0.164. The van der Waals surface area contributed by atoms with Crippen LogP contribution in [0.15, 0.2) is 0 Å². The van der Waals surface area contributed by atoms with Crippen LogP contribution < -0.4 is 5.32 Å². The first-order chi connectivity index (χ1) is 4.27. The molecule has 0 aliphatic carbocycles. The van der Waals surface area contributed by atoms with Gasteiger partial charge in [0.05, 0.1) is 0 Å². The average Bonchev–Trinajstić information content (AvgIpc) is 1.80. The van der Waals surface area contributed by atoms with Crippen molar-refractivity contribution in [2.24, 2.45) is 0 Å². The van der Waals surface area contributed by atoms with Crippen molar-refractivity contribution in [1.29, 1.82) is 0 Å². The van der Waals surface area contributed by atoms with Crippen molar-refractivity contribution in [1.82, 2.24) is 5.32 Å². The standard InChI is InChI=1S/C5H13NO2Si.CH4/c1-3-6-4-9-8-5(2)7;/h6H,3-4,9H2,1-2H3;1H4. The molecule has 0 unspecified atom stereocenters. The molecule has 0 atom stereocenters. The highest BCUT2D eigenvalue weighted by Crippen LogP contribution is 1.69. The highest BCUT2D eigenvalue weighted by Gasteiger charge is 1.90. The van der Waals surface area contributed by atoms with Gasteiger partial charge in [0.1, 0.15) is 0 Å². The summed E-state index contributed by atoms with van der Waals surface area (Å²) in [5, 5.41) is 3.09. The van der Waals surface area contributed by atoms with Crippen LogP contribution in [-0.4, -0.2) is 28.4 Å². The van der Waals surface area contributed by atoms with Crippen molar-refractivity contribution in [3.05, 3.63) is 0 Å². The Labute approximate surface area is 65.1 Å². The lowest BCUT2D eigenvalue weighted by atomic mass is 10.8. The summed E-state index contributed by atoms with van der Waals surface area (Å²) in [6.45, 7) is 4.43. The van der Waals surface area contributed by atoms with E-state index in [0.717, 1.165) is 12.7 Å². The molecule has 0 aliphatic heterocycles. The molecule has 3 nitrogen and oxygen atoms in total. The maximum atomic E-state index is 10.2. The molecule has 0 aromatic heterocycles. The smallest absolute Gasteiger partial charge is 0.288 e. The highest BCUT2D eigenvalue weighted by molar-refractivity contribution is 6.30. The van der Waals surface area contributed by atoms with Crippen LogP contribution in [0.1, 0.15) is 21.3 Å². The molecule has 0 amide bonds. The summed E-state index contributed by atoms with van der Waals surface area (Å²) < 4.78 is 4.78. The Morgan fingerprint density at radius 3 is 2.70 bits per heavy atom. The van der Waals surface area contributed by atoms with Crippen LogP contribution in [0.5, 0.6) is 0 Å². The fourth-order valence-electron chi connectivity index (χ4n) is 0.444.